The lowest BCUT2D eigenvalue weighted by molar-refractivity contribution is 0.205. The van der Waals surface area contributed by atoms with Crippen LogP contribution in [0, 0.1) is 0 Å². The number of rotatable bonds is 4. The highest BCUT2D eigenvalue weighted by Gasteiger charge is 2.35. The first-order valence-electron chi connectivity index (χ1n) is 9.67. The number of anilines is 1. The number of benzene rings is 2. The van der Waals surface area contributed by atoms with E-state index in [1.165, 1.54) is 0 Å². The molecule has 8 heteroatoms. The Kier molecular flexibility index (Phi) is 5.72. The Morgan fingerprint density at radius 1 is 1.10 bits per heavy atom. The summed E-state index contributed by atoms with van der Waals surface area (Å²) in [6.07, 6.45) is 3.08. The van der Waals surface area contributed by atoms with Gasteiger partial charge in [-0.1, -0.05) is 18.2 Å². The smallest absolute Gasteiger partial charge is 0.318 e. The average Bonchev–Trinajstić information content (AvgIpc) is 3.46. The highest BCUT2D eigenvalue weighted by molar-refractivity contribution is 7.98. The van der Waals surface area contributed by atoms with Crippen molar-refractivity contribution in [3.05, 3.63) is 48.5 Å². The van der Waals surface area contributed by atoms with Crippen LogP contribution in [0.3, 0.4) is 0 Å². The van der Waals surface area contributed by atoms with E-state index in [9.17, 15) is 4.79 Å². The van der Waals surface area contributed by atoms with Gasteiger partial charge in [0, 0.05) is 36.7 Å². The molecule has 2 aromatic carbocycles. The van der Waals surface area contributed by atoms with E-state index in [1.54, 1.807) is 11.8 Å². The third-order valence-corrected chi connectivity index (χ3v) is 6.34. The lowest BCUT2D eigenvalue weighted by atomic mass is 10.2. The molecule has 0 aliphatic carbocycles. The van der Waals surface area contributed by atoms with E-state index < -0.39 is 0 Å². The molecule has 1 aromatic heterocycles. The molecule has 0 radical (unpaired) electrons. The normalized spacial score (nSPS) is 19.2. The van der Waals surface area contributed by atoms with Crippen LogP contribution in [-0.4, -0.2) is 59.2 Å². The summed E-state index contributed by atoms with van der Waals surface area (Å²) in [7, 11) is 0. The minimum absolute atomic E-state index is 0. The van der Waals surface area contributed by atoms with Crippen molar-refractivity contribution >= 4 is 46.8 Å². The minimum Gasteiger partial charge on any atom is -0.318 e. The van der Waals surface area contributed by atoms with Gasteiger partial charge in [0.1, 0.15) is 5.03 Å². The maximum Gasteiger partial charge on any atom is 0.324 e. The van der Waals surface area contributed by atoms with Gasteiger partial charge in [-0.25, -0.2) is 9.48 Å². The molecule has 29 heavy (non-hydrogen) atoms. The van der Waals surface area contributed by atoms with Crippen LogP contribution >= 0.6 is 24.2 Å². The van der Waals surface area contributed by atoms with E-state index in [1.807, 2.05) is 45.0 Å². The molecule has 1 atom stereocenters. The predicted molar refractivity (Wildman–Crippen MR) is 121 cm³/mol. The Hall–Kier alpha value is -2.22. The molecule has 3 aromatic rings. The van der Waals surface area contributed by atoms with Gasteiger partial charge < -0.3 is 10.2 Å². The van der Waals surface area contributed by atoms with Gasteiger partial charge in [0.25, 0.3) is 0 Å². The summed E-state index contributed by atoms with van der Waals surface area (Å²) >= 11 is 1.64. The second-order valence-electron chi connectivity index (χ2n) is 7.23. The lowest BCUT2D eigenvalue weighted by Gasteiger charge is -2.23. The summed E-state index contributed by atoms with van der Waals surface area (Å²) in [5.74, 6) is 0. The molecular formula is C21H24ClN5OS. The van der Waals surface area contributed by atoms with Crippen LogP contribution in [-0.2, 0) is 0 Å². The van der Waals surface area contributed by atoms with Crippen molar-refractivity contribution in [2.45, 2.75) is 17.5 Å². The van der Waals surface area contributed by atoms with Crippen molar-refractivity contribution in [3.63, 3.8) is 0 Å². The average molecular weight is 430 g/mol. The number of carbonyl (C=O) groups is 1. The van der Waals surface area contributed by atoms with Gasteiger partial charge in [0.05, 0.1) is 11.2 Å². The molecule has 2 aliphatic rings. The van der Waals surface area contributed by atoms with Crippen LogP contribution in [0.5, 0.6) is 0 Å². The zero-order valence-corrected chi connectivity index (χ0v) is 17.9. The number of thioether (sulfide) groups is 1. The van der Waals surface area contributed by atoms with Gasteiger partial charge in [-0.3, -0.25) is 4.90 Å². The number of hydrogen-bond donors (Lipinski definition) is 1. The van der Waals surface area contributed by atoms with Crippen LogP contribution in [0.15, 0.2) is 53.6 Å². The van der Waals surface area contributed by atoms with Crippen molar-refractivity contribution in [2.24, 2.45) is 0 Å². The number of amides is 2. The Labute approximate surface area is 180 Å². The Bertz CT molecular complexity index is 1020. The summed E-state index contributed by atoms with van der Waals surface area (Å²) in [4.78, 5) is 17.0. The number of para-hydroxylation sites is 1. The second kappa shape index (κ2) is 8.26. The first-order chi connectivity index (χ1) is 13.8. The molecule has 2 saturated heterocycles. The quantitative estimate of drug-likeness (QED) is 0.641. The van der Waals surface area contributed by atoms with Crippen LogP contribution in [0.1, 0.15) is 6.42 Å². The summed E-state index contributed by atoms with van der Waals surface area (Å²) in [5.41, 5.74) is 2.99. The molecule has 0 spiro atoms. The van der Waals surface area contributed by atoms with E-state index in [4.69, 9.17) is 5.10 Å². The van der Waals surface area contributed by atoms with Crippen molar-refractivity contribution in [1.29, 1.82) is 0 Å². The fraction of sp³-hybridized carbons (Fsp3) is 0.333. The van der Waals surface area contributed by atoms with E-state index in [0.717, 1.165) is 59.9 Å². The summed E-state index contributed by atoms with van der Waals surface area (Å²) in [6.45, 7) is 3.41. The number of urea groups is 1. The van der Waals surface area contributed by atoms with Gasteiger partial charge in [-0.15, -0.1) is 24.2 Å². The molecule has 152 valence electrons. The first kappa shape index (κ1) is 20.1. The number of halogens is 1. The fourth-order valence-electron chi connectivity index (χ4n) is 4.20. The van der Waals surface area contributed by atoms with Crippen molar-refractivity contribution in [1.82, 2.24) is 20.0 Å². The first-order valence-corrected chi connectivity index (χ1v) is 10.9. The molecule has 5 rings (SSSR count). The second-order valence-corrected chi connectivity index (χ2v) is 8.03. The van der Waals surface area contributed by atoms with Crippen LogP contribution in [0.4, 0.5) is 10.5 Å². The number of fused-ring (bicyclic) bond motifs is 1. The molecule has 0 saturated carbocycles. The molecular weight excluding hydrogens is 406 g/mol. The Morgan fingerprint density at radius 2 is 1.93 bits per heavy atom. The number of hydrogen-bond acceptors (Lipinski definition) is 4. The van der Waals surface area contributed by atoms with E-state index in [-0.39, 0.29) is 18.4 Å². The van der Waals surface area contributed by atoms with Gasteiger partial charge in [0.15, 0.2) is 0 Å². The van der Waals surface area contributed by atoms with E-state index in [0.29, 0.717) is 6.04 Å². The Morgan fingerprint density at radius 3 is 2.66 bits per heavy atom. The molecule has 2 fully saturated rings. The summed E-state index contributed by atoms with van der Waals surface area (Å²) in [5, 5.41) is 10.3. The van der Waals surface area contributed by atoms with Gasteiger partial charge >= 0.3 is 6.03 Å². The fourth-order valence-corrected chi connectivity index (χ4v) is 4.75. The predicted octanol–water partition coefficient (Wildman–Crippen LogP) is 3.77. The van der Waals surface area contributed by atoms with Crippen molar-refractivity contribution in [2.75, 3.05) is 37.3 Å². The monoisotopic (exact) mass is 429 g/mol. The van der Waals surface area contributed by atoms with Gasteiger partial charge in [-0.05, 0) is 49.6 Å². The highest BCUT2D eigenvalue weighted by atomic mass is 35.5. The topological polar surface area (TPSA) is 53.4 Å². The minimum atomic E-state index is 0. The molecule has 1 unspecified atom stereocenters. The molecule has 6 nitrogen and oxygen atoms in total. The van der Waals surface area contributed by atoms with Crippen molar-refractivity contribution in [3.8, 4) is 5.69 Å². The largest absolute Gasteiger partial charge is 0.324 e. The van der Waals surface area contributed by atoms with Crippen LogP contribution in [0.2, 0.25) is 0 Å². The van der Waals surface area contributed by atoms with Gasteiger partial charge in [-0.2, -0.15) is 5.10 Å². The zero-order chi connectivity index (χ0) is 19.1. The highest BCUT2D eigenvalue weighted by Crippen LogP contribution is 2.32. The molecule has 0 bridgehead atoms. The SMILES string of the molecule is CSc1nn(-c2ccccc2)c2cc(N3CCN(C4CCNC4)C3=O)ccc12.Cl. The number of nitrogens with one attached hydrogen (secondary N) is 1. The molecule has 3 heterocycles. The summed E-state index contributed by atoms with van der Waals surface area (Å²) in [6, 6.07) is 16.8. The number of carbonyl (C=O) groups excluding carboxylic acids is 1. The third-order valence-electron chi connectivity index (χ3n) is 5.65. The Balaban J connectivity index is 0.00000205. The maximum absolute atomic E-state index is 13.0. The molecule has 2 aliphatic heterocycles. The summed E-state index contributed by atoms with van der Waals surface area (Å²) < 4.78 is 1.98. The standard InChI is InChI=1S/C21H23N5OS.ClH/c1-28-20-18-8-7-16(13-19(18)26(23-20)15-5-3-2-4-6-15)24-11-12-25(21(24)27)17-9-10-22-14-17;/h2-8,13,17,22H,9-12,14H2,1H3;1H. The van der Waals surface area contributed by atoms with Gasteiger partial charge in [0.2, 0.25) is 0 Å². The van der Waals surface area contributed by atoms with Crippen molar-refractivity contribution < 1.29 is 4.79 Å². The van der Waals surface area contributed by atoms with Crippen LogP contribution in [0.25, 0.3) is 16.6 Å². The van der Waals surface area contributed by atoms with E-state index in [2.05, 4.69) is 29.6 Å². The van der Waals surface area contributed by atoms with E-state index >= 15 is 0 Å². The maximum atomic E-state index is 13.0. The lowest BCUT2D eigenvalue weighted by Crippen LogP contribution is -2.40. The number of nitrogens with zero attached hydrogens (tertiary/aromatic N) is 4. The number of aromatic nitrogens is 2. The third kappa shape index (κ3) is 3.47. The zero-order valence-electron chi connectivity index (χ0n) is 16.2. The van der Waals surface area contributed by atoms with Crippen LogP contribution < -0.4 is 10.2 Å². The molecule has 1 N–H and O–H groups in total. The molecule has 2 amide bonds.